The molecule has 2 heterocycles. The number of piperazine rings is 1. The zero-order chi connectivity index (χ0) is 14.4. The van der Waals surface area contributed by atoms with Crippen molar-refractivity contribution in [2.75, 3.05) is 60.4 Å². The third kappa shape index (κ3) is 5.10. The summed E-state index contributed by atoms with van der Waals surface area (Å²) in [7, 11) is 6.25. The first-order valence-corrected chi connectivity index (χ1v) is 8.22. The molecule has 1 aromatic heterocycles. The van der Waals surface area contributed by atoms with E-state index in [4.69, 9.17) is 0 Å². The van der Waals surface area contributed by atoms with Crippen LogP contribution in [-0.4, -0.2) is 80.1 Å². The number of aromatic nitrogens is 1. The van der Waals surface area contributed by atoms with E-state index >= 15 is 0 Å². The van der Waals surface area contributed by atoms with Crippen molar-refractivity contribution < 1.29 is 0 Å². The fourth-order valence-corrected chi connectivity index (χ4v) is 3.19. The molecule has 1 saturated heterocycles. The van der Waals surface area contributed by atoms with Gasteiger partial charge in [0.15, 0.2) is 0 Å². The molecule has 0 saturated carbocycles. The minimum Gasteiger partial charge on any atom is -0.314 e. The van der Waals surface area contributed by atoms with E-state index in [1.807, 2.05) is 7.05 Å². The first-order valence-electron chi connectivity index (χ1n) is 7.34. The van der Waals surface area contributed by atoms with E-state index in [0.717, 1.165) is 32.7 Å². The predicted molar refractivity (Wildman–Crippen MR) is 85.1 cm³/mol. The molecule has 5 nitrogen and oxygen atoms in total. The topological polar surface area (TPSA) is 34.6 Å². The maximum Gasteiger partial charge on any atom is 0.107 e. The second-order valence-electron chi connectivity index (χ2n) is 5.68. The van der Waals surface area contributed by atoms with Crippen LogP contribution in [0.1, 0.15) is 10.7 Å². The summed E-state index contributed by atoms with van der Waals surface area (Å²) < 4.78 is 0. The van der Waals surface area contributed by atoms with E-state index in [-0.39, 0.29) is 0 Å². The number of likely N-dealkylation sites (N-methyl/N-ethyl adjacent to an activating group) is 1. The van der Waals surface area contributed by atoms with E-state index in [1.165, 1.54) is 30.3 Å². The normalized spacial score (nSPS) is 18.0. The van der Waals surface area contributed by atoms with Gasteiger partial charge in [0.05, 0.1) is 5.69 Å². The Morgan fingerprint density at radius 3 is 2.60 bits per heavy atom. The average molecular weight is 297 g/mol. The Kier molecular flexibility index (Phi) is 6.38. The van der Waals surface area contributed by atoms with Crippen LogP contribution in [0.2, 0.25) is 0 Å². The lowest BCUT2D eigenvalue weighted by molar-refractivity contribution is 0.120. The highest BCUT2D eigenvalue weighted by atomic mass is 32.1. The molecule has 114 valence electrons. The van der Waals surface area contributed by atoms with Gasteiger partial charge in [0.2, 0.25) is 0 Å². The molecular weight excluding hydrogens is 270 g/mol. The number of nitrogens with zero attached hydrogens (tertiary/aromatic N) is 4. The van der Waals surface area contributed by atoms with Crippen molar-refractivity contribution in [3.8, 4) is 0 Å². The Labute approximate surface area is 126 Å². The van der Waals surface area contributed by atoms with Gasteiger partial charge < -0.3 is 10.2 Å². The van der Waals surface area contributed by atoms with E-state index in [2.05, 4.69) is 44.5 Å². The molecule has 0 bridgehead atoms. The highest BCUT2D eigenvalue weighted by molar-refractivity contribution is 7.09. The first kappa shape index (κ1) is 15.9. The summed E-state index contributed by atoms with van der Waals surface area (Å²) in [4.78, 5) is 12.0. The molecule has 0 aliphatic carbocycles. The Morgan fingerprint density at radius 1 is 1.25 bits per heavy atom. The van der Waals surface area contributed by atoms with Crippen LogP contribution in [0.4, 0.5) is 0 Å². The Hall–Kier alpha value is -0.530. The van der Waals surface area contributed by atoms with Crippen LogP contribution >= 0.6 is 11.3 Å². The van der Waals surface area contributed by atoms with Gasteiger partial charge in [0, 0.05) is 57.7 Å². The van der Waals surface area contributed by atoms with Crippen molar-refractivity contribution in [2.45, 2.75) is 13.1 Å². The van der Waals surface area contributed by atoms with Crippen LogP contribution < -0.4 is 5.32 Å². The van der Waals surface area contributed by atoms with Gasteiger partial charge in [-0.15, -0.1) is 11.3 Å². The van der Waals surface area contributed by atoms with Crippen molar-refractivity contribution in [3.05, 3.63) is 16.1 Å². The number of nitrogens with one attached hydrogen (secondary N) is 1. The highest BCUT2D eigenvalue weighted by Gasteiger charge is 2.17. The summed E-state index contributed by atoms with van der Waals surface area (Å²) in [5.41, 5.74) is 1.22. The lowest BCUT2D eigenvalue weighted by Crippen LogP contribution is -2.47. The maximum absolute atomic E-state index is 4.67. The van der Waals surface area contributed by atoms with Crippen molar-refractivity contribution in [2.24, 2.45) is 0 Å². The van der Waals surface area contributed by atoms with Gasteiger partial charge in [0.1, 0.15) is 5.01 Å². The molecule has 0 amide bonds. The van der Waals surface area contributed by atoms with Gasteiger partial charge >= 0.3 is 0 Å². The largest absolute Gasteiger partial charge is 0.314 e. The van der Waals surface area contributed by atoms with Crippen LogP contribution in [0.25, 0.3) is 0 Å². The number of thiazole rings is 1. The molecule has 1 fully saturated rings. The van der Waals surface area contributed by atoms with Gasteiger partial charge in [-0.3, -0.25) is 9.80 Å². The van der Waals surface area contributed by atoms with Crippen LogP contribution in [0.15, 0.2) is 5.38 Å². The third-order valence-corrected chi connectivity index (χ3v) is 4.54. The molecule has 0 radical (unpaired) electrons. The monoisotopic (exact) mass is 297 g/mol. The summed E-state index contributed by atoms with van der Waals surface area (Å²) in [6, 6.07) is 0. The Balaban J connectivity index is 1.70. The van der Waals surface area contributed by atoms with Gasteiger partial charge in [0.25, 0.3) is 0 Å². The second-order valence-corrected chi connectivity index (χ2v) is 6.63. The summed E-state index contributed by atoms with van der Waals surface area (Å²) in [5.74, 6) is 0. The number of hydrogen-bond acceptors (Lipinski definition) is 6. The van der Waals surface area contributed by atoms with Gasteiger partial charge in [-0.1, -0.05) is 0 Å². The van der Waals surface area contributed by atoms with E-state index in [0.29, 0.717) is 0 Å². The molecule has 1 N–H and O–H groups in total. The molecule has 6 heteroatoms. The summed E-state index contributed by atoms with van der Waals surface area (Å²) in [6.45, 7) is 8.90. The van der Waals surface area contributed by atoms with Gasteiger partial charge in [-0.2, -0.15) is 0 Å². The maximum atomic E-state index is 4.67. The average Bonchev–Trinajstić information content (AvgIpc) is 2.86. The van der Waals surface area contributed by atoms with Crippen molar-refractivity contribution in [1.29, 1.82) is 0 Å². The molecular formula is C14H27N5S. The molecule has 20 heavy (non-hydrogen) atoms. The summed E-state index contributed by atoms with van der Waals surface area (Å²) in [6.07, 6.45) is 0. The molecule has 0 spiro atoms. The smallest absolute Gasteiger partial charge is 0.107 e. The minimum atomic E-state index is 0.878. The number of rotatable bonds is 7. The zero-order valence-electron chi connectivity index (χ0n) is 12.9. The zero-order valence-corrected chi connectivity index (χ0v) is 13.7. The Bertz CT molecular complexity index is 385. The SMILES string of the molecule is CNCc1nc(CN2CCN(CCN(C)C)CC2)cs1. The molecule has 0 unspecified atom stereocenters. The third-order valence-electron chi connectivity index (χ3n) is 3.64. The minimum absolute atomic E-state index is 0.878. The van der Waals surface area contributed by atoms with Crippen molar-refractivity contribution >= 4 is 11.3 Å². The van der Waals surface area contributed by atoms with Gasteiger partial charge in [-0.25, -0.2) is 4.98 Å². The van der Waals surface area contributed by atoms with Crippen LogP contribution in [0.3, 0.4) is 0 Å². The second kappa shape index (κ2) is 8.05. The summed E-state index contributed by atoms with van der Waals surface area (Å²) >= 11 is 1.76. The molecule has 1 aliphatic heterocycles. The molecule has 0 atom stereocenters. The predicted octanol–water partition coefficient (Wildman–Crippen LogP) is 0.542. The van der Waals surface area contributed by atoms with Gasteiger partial charge in [-0.05, 0) is 21.1 Å². The standard InChI is InChI=1S/C14H27N5S/c1-15-10-14-16-13(12-20-14)11-19-8-6-18(7-9-19)5-4-17(2)3/h12,15H,4-11H2,1-3H3. The quantitative estimate of drug-likeness (QED) is 0.795. The Morgan fingerprint density at radius 2 is 1.95 bits per heavy atom. The molecule has 0 aromatic carbocycles. The van der Waals surface area contributed by atoms with Crippen molar-refractivity contribution in [1.82, 2.24) is 25.0 Å². The molecule has 1 aliphatic rings. The fourth-order valence-electron chi connectivity index (χ4n) is 2.40. The highest BCUT2D eigenvalue weighted by Crippen LogP contribution is 2.13. The number of hydrogen-bond donors (Lipinski definition) is 1. The molecule has 1 aromatic rings. The van der Waals surface area contributed by atoms with E-state index in [9.17, 15) is 0 Å². The van der Waals surface area contributed by atoms with Crippen LogP contribution in [0, 0.1) is 0 Å². The first-order chi connectivity index (χ1) is 9.67. The lowest BCUT2D eigenvalue weighted by atomic mass is 10.3. The molecule has 2 rings (SSSR count). The van der Waals surface area contributed by atoms with Crippen LogP contribution in [-0.2, 0) is 13.1 Å². The fraction of sp³-hybridized carbons (Fsp3) is 0.786. The lowest BCUT2D eigenvalue weighted by Gasteiger charge is -2.34. The van der Waals surface area contributed by atoms with Crippen LogP contribution in [0.5, 0.6) is 0 Å². The van der Waals surface area contributed by atoms with E-state index < -0.39 is 0 Å². The summed E-state index contributed by atoms with van der Waals surface area (Å²) in [5, 5.41) is 6.54. The van der Waals surface area contributed by atoms with Crippen molar-refractivity contribution in [3.63, 3.8) is 0 Å². The van der Waals surface area contributed by atoms with E-state index in [1.54, 1.807) is 11.3 Å².